The SMILES string of the molecule is COc1ccc(OCC(=O)NC[C@@H](c2ccccc2Cl)N2CCCCCC2)cc1. The van der Waals surface area contributed by atoms with E-state index in [1.54, 1.807) is 31.4 Å². The lowest BCUT2D eigenvalue weighted by molar-refractivity contribution is -0.123. The van der Waals surface area contributed by atoms with E-state index in [2.05, 4.69) is 16.3 Å². The molecule has 0 bridgehead atoms. The predicted molar refractivity (Wildman–Crippen MR) is 116 cm³/mol. The van der Waals surface area contributed by atoms with Gasteiger partial charge in [-0.25, -0.2) is 0 Å². The Morgan fingerprint density at radius 3 is 2.34 bits per heavy atom. The van der Waals surface area contributed by atoms with Gasteiger partial charge in [0.2, 0.25) is 0 Å². The zero-order chi connectivity index (χ0) is 20.5. The zero-order valence-corrected chi connectivity index (χ0v) is 17.7. The van der Waals surface area contributed by atoms with Gasteiger partial charge in [0.1, 0.15) is 11.5 Å². The fourth-order valence-corrected chi connectivity index (χ4v) is 3.93. The molecule has 0 spiro atoms. The molecule has 0 unspecified atom stereocenters. The fraction of sp³-hybridized carbons (Fsp3) is 0.435. The molecule has 5 nitrogen and oxygen atoms in total. The molecule has 1 fully saturated rings. The van der Waals surface area contributed by atoms with Gasteiger partial charge in [0, 0.05) is 11.6 Å². The van der Waals surface area contributed by atoms with Crippen molar-refractivity contribution in [3.63, 3.8) is 0 Å². The highest BCUT2D eigenvalue weighted by molar-refractivity contribution is 6.31. The van der Waals surface area contributed by atoms with E-state index in [0.29, 0.717) is 12.3 Å². The second-order valence-electron chi connectivity index (χ2n) is 7.26. The van der Waals surface area contributed by atoms with E-state index in [-0.39, 0.29) is 18.6 Å². The summed E-state index contributed by atoms with van der Waals surface area (Å²) in [6.07, 6.45) is 4.87. The van der Waals surface area contributed by atoms with Crippen molar-refractivity contribution >= 4 is 17.5 Å². The van der Waals surface area contributed by atoms with E-state index < -0.39 is 0 Å². The van der Waals surface area contributed by atoms with Crippen LogP contribution in [0.25, 0.3) is 0 Å². The Labute approximate surface area is 177 Å². The molecular formula is C23H29ClN2O3. The van der Waals surface area contributed by atoms with E-state index in [1.165, 1.54) is 25.7 Å². The normalized spacial score (nSPS) is 15.9. The average molecular weight is 417 g/mol. The standard InChI is InChI=1S/C23H29ClN2O3/c1-28-18-10-12-19(13-11-18)29-17-23(27)25-16-22(20-8-4-5-9-21(20)24)26-14-6-2-3-7-15-26/h4-5,8-13,22H,2-3,6-7,14-17H2,1H3,(H,25,27)/t22-/m0/s1. The maximum atomic E-state index is 12.4. The summed E-state index contributed by atoms with van der Waals surface area (Å²) in [5.41, 5.74) is 1.06. The smallest absolute Gasteiger partial charge is 0.258 e. The number of hydrogen-bond donors (Lipinski definition) is 1. The molecule has 1 saturated heterocycles. The summed E-state index contributed by atoms with van der Waals surface area (Å²) in [4.78, 5) is 14.8. The summed E-state index contributed by atoms with van der Waals surface area (Å²) in [6, 6.07) is 15.2. The Hall–Kier alpha value is -2.24. The molecule has 0 radical (unpaired) electrons. The molecule has 3 rings (SSSR count). The molecule has 6 heteroatoms. The predicted octanol–water partition coefficient (Wildman–Crippen LogP) is 4.46. The van der Waals surface area contributed by atoms with Gasteiger partial charge in [-0.1, -0.05) is 42.6 Å². The van der Waals surface area contributed by atoms with Crippen LogP contribution < -0.4 is 14.8 Å². The Balaban J connectivity index is 1.59. The number of benzene rings is 2. The molecule has 1 N–H and O–H groups in total. The quantitative estimate of drug-likeness (QED) is 0.690. The van der Waals surface area contributed by atoms with Crippen LogP contribution in [0, 0.1) is 0 Å². The average Bonchev–Trinajstić information content (AvgIpc) is 3.03. The number of carbonyl (C=O) groups is 1. The first-order valence-electron chi connectivity index (χ1n) is 10.2. The summed E-state index contributed by atoms with van der Waals surface area (Å²) in [6.45, 7) is 2.53. The molecule has 1 aliphatic rings. The maximum absolute atomic E-state index is 12.4. The molecule has 2 aromatic carbocycles. The largest absolute Gasteiger partial charge is 0.497 e. The van der Waals surface area contributed by atoms with Crippen LogP contribution in [-0.4, -0.2) is 44.2 Å². The number of nitrogens with one attached hydrogen (secondary N) is 1. The van der Waals surface area contributed by atoms with Crippen molar-refractivity contribution in [3.8, 4) is 11.5 Å². The Morgan fingerprint density at radius 1 is 1.03 bits per heavy atom. The molecule has 0 saturated carbocycles. The molecule has 1 aliphatic heterocycles. The number of ether oxygens (including phenoxy) is 2. The van der Waals surface area contributed by atoms with Crippen molar-refractivity contribution in [2.75, 3.05) is 33.4 Å². The number of likely N-dealkylation sites (tertiary alicyclic amines) is 1. The second-order valence-corrected chi connectivity index (χ2v) is 7.66. The first-order chi connectivity index (χ1) is 14.2. The molecule has 0 aliphatic carbocycles. The van der Waals surface area contributed by atoms with E-state index in [9.17, 15) is 4.79 Å². The summed E-state index contributed by atoms with van der Waals surface area (Å²) in [5, 5.41) is 3.77. The van der Waals surface area contributed by atoms with Gasteiger partial charge in [-0.2, -0.15) is 0 Å². The highest BCUT2D eigenvalue weighted by Crippen LogP contribution is 2.29. The van der Waals surface area contributed by atoms with Gasteiger partial charge < -0.3 is 14.8 Å². The van der Waals surface area contributed by atoms with Gasteiger partial charge >= 0.3 is 0 Å². The van der Waals surface area contributed by atoms with Gasteiger partial charge in [0.05, 0.1) is 13.2 Å². The first-order valence-corrected chi connectivity index (χ1v) is 10.6. The third-order valence-corrected chi connectivity index (χ3v) is 5.61. The molecule has 156 valence electrons. The van der Waals surface area contributed by atoms with Crippen LogP contribution in [0.4, 0.5) is 0 Å². The number of rotatable bonds is 8. The highest BCUT2D eigenvalue weighted by atomic mass is 35.5. The van der Waals surface area contributed by atoms with E-state index in [1.807, 2.05) is 18.2 Å². The monoisotopic (exact) mass is 416 g/mol. The molecular weight excluding hydrogens is 388 g/mol. The van der Waals surface area contributed by atoms with Crippen molar-refractivity contribution in [1.82, 2.24) is 10.2 Å². The topological polar surface area (TPSA) is 50.8 Å². The summed E-state index contributed by atoms with van der Waals surface area (Å²) in [7, 11) is 1.61. The molecule has 2 aromatic rings. The van der Waals surface area contributed by atoms with Gasteiger partial charge in [-0.3, -0.25) is 9.69 Å². The van der Waals surface area contributed by atoms with Crippen LogP contribution in [0.5, 0.6) is 11.5 Å². The van der Waals surface area contributed by atoms with Crippen molar-refractivity contribution in [2.24, 2.45) is 0 Å². The van der Waals surface area contributed by atoms with Crippen LogP contribution in [0.2, 0.25) is 5.02 Å². The van der Waals surface area contributed by atoms with Gasteiger partial charge in [0.15, 0.2) is 6.61 Å². The molecule has 1 amide bonds. The first kappa shape index (κ1) is 21.5. The lowest BCUT2D eigenvalue weighted by atomic mass is 10.0. The Kier molecular flexibility index (Phi) is 8.20. The van der Waals surface area contributed by atoms with Gasteiger partial charge in [0.25, 0.3) is 5.91 Å². The lowest BCUT2D eigenvalue weighted by Gasteiger charge is -2.31. The summed E-state index contributed by atoms with van der Waals surface area (Å²) < 4.78 is 10.7. The van der Waals surface area contributed by atoms with Crippen LogP contribution in [0.15, 0.2) is 48.5 Å². The Morgan fingerprint density at radius 2 is 1.69 bits per heavy atom. The number of hydrogen-bond acceptors (Lipinski definition) is 4. The molecule has 1 atom stereocenters. The zero-order valence-electron chi connectivity index (χ0n) is 16.9. The third kappa shape index (κ3) is 6.38. The molecule has 0 aromatic heterocycles. The second kappa shape index (κ2) is 11.1. The minimum Gasteiger partial charge on any atom is -0.497 e. The van der Waals surface area contributed by atoms with Crippen molar-refractivity contribution in [1.29, 1.82) is 0 Å². The van der Waals surface area contributed by atoms with Gasteiger partial charge in [-0.15, -0.1) is 0 Å². The highest BCUT2D eigenvalue weighted by Gasteiger charge is 2.24. The number of methoxy groups -OCH3 is 1. The number of amides is 1. The van der Waals surface area contributed by atoms with Crippen molar-refractivity contribution in [3.05, 3.63) is 59.1 Å². The lowest BCUT2D eigenvalue weighted by Crippen LogP contribution is -2.40. The number of carbonyl (C=O) groups excluding carboxylic acids is 1. The Bertz CT molecular complexity index is 774. The van der Waals surface area contributed by atoms with Crippen LogP contribution in [-0.2, 0) is 4.79 Å². The van der Waals surface area contributed by atoms with E-state index >= 15 is 0 Å². The maximum Gasteiger partial charge on any atom is 0.258 e. The third-order valence-electron chi connectivity index (χ3n) is 5.27. The summed E-state index contributed by atoms with van der Waals surface area (Å²) >= 11 is 6.49. The molecule has 1 heterocycles. The van der Waals surface area contributed by atoms with E-state index in [4.69, 9.17) is 21.1 Å². The van der Waals surface area contributed by atoms with Crippen LogP contribution >= 0.6 is 11.6 Å². The van der Waals surface area contributed by atoms with Gasteiger partial charge in [-0.05, 0) is 61.8 Å². The minimum atomic E-state index is -0.146. The molecule has 29 heavy (non-hydrogen) atoms. The number of halogens is 1. The minimum absolute atomic E-state index is 0.0262. The van der Waals surface area contributed by atoms with Crippen LogP contribution in [0.3, 0.4) is 0 Å². The van der Waals surface area contributed by atoms with Crippen molar-refractivity contribution < 1.29 is 14.3 Å². The fourth-order valence-electron chi connectivity index (χ4n) is 3.67. The van der Waals surface area contributed by atoms with Crippen molar-refractivity contribution in [2.45, 2.75) is 31.7 Å². The van der Waals surface area contributed by atoms with E-state index in [0.717, 1.165) is 29.4 Å². The number of nitrogens with zero attached hydrogens (tertiary/aromatic N) is 1. The summed E-state index contributed by atoms with van der Waals surface area (Å²) in [5.74, 6) is 1.24. The van der Waals surface area contributed by atoms with Crippen LogP contribution in [0.1, 0.15) is 37.3 Å².